The quantitative estimate of drug-likeness (QED) is 0.437. The monoisotopic (exact) mass is 490 g/mol. The molecule has 7 nitrogen and oxygen atoms in total. The highest BCUT2D eigenvalue weighted by Crippen LogP contribution is 2.44. The summed E-state index contributed by atoms with van der Waals surface area (Å²) in [4.78, 5) is 35.2. The Balaban J connectivity index is 1.89. The van der Waals surface area contributed by atoms with Gasteiger partial charge in [0.2, 0.25) is 0 Å². The third kappa shape index (κ3) is 4.49. The second-order valence-electron chi connectivity index (χ2n) is 8.05. The van der Waals surface area contributed by atoms with E-state index in [2.05, 4.69) is 4.99 Å². The Labute approximate surface area is 208 Å². The van der Waals surface area contributed by atoms with Gasteiger partial charge in [0, 0.05) is 33.8 Å². The van der Waals surface area contributed by atoms with Crippen LogP contribution in [0.15, 0.2) is 70.2 Å². The standard InChI is InChI=1S/C27H26N2O5S/c1-15-22(26(30)33-4)24(23(16(2)28-15)27(31)34-5)17-10-6-7-11-18(17)25-29-20(14-35-25)19-12-8-9-13-21(19)32-3/h6-14,22,24H,1-5H3. The van der Waals surface area contributed by atoms with Gasteiger partial charge in [0.1, 0.15) is 16.7 Å². The van der Waals surface area contributed by atoms with E-state index in [1.165, 1.54) is 25.6 Å². The van der Waals surface area contributed by atoms with Crippen LogP contribution in [-0.2, 0) is 19.1 Å². The van der Waals surface area contributed by atoms with Crippen LogP contribution in [-0.4, -0.2) is 44.0 Å². The number of hydrogen-bond donors (Lipinski definition) is 0. The van der Waals surface area contributed by atoms with Crippen LogP contribution >= 0.6 is 11.3 Å². The summed E-state index contributed by atoms with van der Waals surface area (Å²) in [5, 5.41) is 2.73. The van der Waals surface area contributed by atoms with Crippen molar-refractivity contribution in [3.63, 3.8) is 0 Å². The van der Waals surface area contributed by atoms with Crippen molar-refractivity contribution in [2.24, 2.45) is 10.9 Å². The molecule has 0 spiro atoms. The molecule has 3 aromatic rings. The number of carbonyl (C=O) groups is 2. The molecule has 180 valence electrons. The number of thiazole rings is 1. The molecule has 0 saturated carbocycles. The van der Waals surface area contributed by atoms with E-state index in [1.54, 1.807) is 21.0 Å². The molecule has 0 amide bonds. The average Bonchev–Trinajstić information content (AvgIpc) is 3.37. The predicted molar refractivity (Wildman–Crippen MR) is 136 cm³/mol. The third-order valence-corrected chi connectivity index (χ3v) is 6.98. The van der Waals surface area contributed by atoms with Crippen molar-refractivity contribution >= 4 is 29.0 Å². The molecule has 1 aliphatic heterocycles. The second-order valence-corrected chi connectivity index (χ2v) is 8.91. The molecule has 0 saturated heterocycles. The zero-order valence-corrected chi connectivity index (χ0v) is 21.0. The maximum Gasteiger partial charge on any atom is 0.336 e. The van der Waals surface area contributed by atoms with Crippen molar-refractivity contribution in [2.45, 2.75) is 19.8 Å². The first-order valence-electron chi connectivity index (χ1n) is 11.0. The molecule has 0 aliphatic carbocycles. The number of carbonyl (C=O) groups excluding carboxylic acids is 2. The Morgan fingerprint density at radius 1 is 0.914 bits per heavy atom. The largest absolute Gasteiger partial charge is 0.496 e. The molecule has 2 atom stereocenters. The highest BCUT2D eigenvalue weighted by molar-refractivity contribution is 7.13. The number of allylic oxidation sites excluding steroid dienone is 1. The average molecular weight is 491 g/mol. The Morgan fingerprint density at radius 3 is 2.29 bits per heavy atom. The number of aromatic nitrogens is 1. The number of esters is 2. The topological polar surface area (TPSA) is 87.1 Å². The number of para-hydroxylation sites is 1. The lowest BCUT2D eigenvalue weighted by Crippen LogP contribution is -2.36. The van der Waals surface area contributed by atoms with Crippen LogP contribution in [0.5, 0.6) is 5.75 Å². The summed E-state index contributed by atoms with van der Waals surface area (Å²) >= 11 is 1.48. The Bertz CT molecular complexity index is 1340. The first-order chi connectivity index (χ1) is 16.9. The number of hydrogen-bond acceptors (Lipinski definition) is 8. The van der Waals surface area contributed by atoms with Gasteiger partial charge in [-0.1, -0.05) is 36.4 Å². The van der Waals surface area contributed by atoms with Crippen molar-refractivity contribution in [3.8, 4) is 27.6 Å². The first-order valence-corrected chi connectivity index (χ1v) is 11.9. The fraction of sp³-hybridized carbons (Fsp3) is 0.259. The van der Waals surface area contributed by atoms with Crippen LogP contribution in [0, 0.1) is 5.92 Å². The number of benzene rings is 2. The molecule has 1 aromatic heterocycles. The molecule has 1 aliphatic rings. The van der Waals surface area contributed by atoms with E-state index in [-0.39, 0.29) is 0 Å². The van der Waals surface area contributed by atoms with Gasteiger partial charge in [0.05, 0.1) is 32.6 Å². The van der Waals surface area contributed by atoms with Crippen molar-refractivity contribution in [1.82, 2.24) is 4.98 Å². The van der Waals surface area contributed by atoms with Gasteiger partial charge in [-0.05, 0) is 31.5 Å². The van der Waals surface area contributed by atoms with Gasteiger partial charge >= 0.3 is 11.9 Å². The van der Waals surface area contributed by atoms with Crippen molar-refractivity contribution in [1.29, 1.82) is 0 Å². The maximum atomic E-state index is 12.9. The molecular weight excluding hydrogens is 464 g/mol. The number of ether oxygens (including phenoxy) is 3. The third-order valence-electron chi connectivity index (χ3n) is 6.10. The molecule has 0 fully saturated rings. The minimum Gasteiger partial charge on any atom is -0.496 e. The second kappa shape index (κ2) is 10.2. The normalized spacial score (nSPS) is 17.6. The lowest BCUT2D eigenvalue weighted by molar-refractivity contribution is -0.143. The van der Waals surface area contributed by atoms with Gasteiger partial charge in [-0.25, -0.2) is 9.78 Å². The van der Waals surface area contributed by atoms with Crippen LogP contribution in [0.3, 0.4) is 0 Å². The number of methoxy groups -OCH3 is 3. The summed E-state index contributed by atoms with van der Waals surface area (Å²) in [5.74, 6) is -1.67. The predicted octanol–water partition coefficient (Wildman–Crippen LogP) is 5.28. The zero-order chi connectivity index (χ0) is 25.1. The summed E-state index contributed by atoms with van der Waals surface area (Å²) in [5.41, 5.74) is 4.69. The molecule has 35 heavy (non-hydrogen) atoms. The molecular formula is C27H26N2O5S. The van der Waals surface area contributed by atoms with Crippen LogP contribution in [0.4, 0.5) is 0 Å². The number of aliphatic imine (C=N–C) groups is 1. The molecule has 2 unspecified atom stereocenters. The summed E-state index contributed by atoms with van der Waals surface area (Å²) in [6.07, 6.45) is 0. The SMILES string of the molecule is COC(=O)C1=C(C)N=C(C)C(C(=O)OC)C1c1ccccc1-c1nc(-c2ccccc2OC)cs1. The van der Waals surface area contributed by atoms with E-state index in [1.807, 2.05) is 53.9 Å². The van der Waals surface area contributed by atoms with Crippen molar-refractivity contribution in [2.75, 3.05) is 21.3 Å². The van der Waals surface area contributed by atoms with Gasteiger partial charge < -0.3 is 14.2 Å². The maximum absolute atomic E-state index is 12.9. The molecule has 0 bridgehead atoms. The minimum absolute atomic E-state index is 0.336. The fourth-order valence-electron chi connectivity index (χ4n) is 4.52. The number of nitrogens with zero attached hydrogens (tertiary/aromatic N) is 2. The van der Waals surface area contributed by atoms with Gasteiger partial charge in [0.25, 0.3) is 0 Å². The Kier molecular flexibility index (Phi) is 7.12. The first kappa shape index (κ1) is 24.3. The van der Waals surface area contributed by atoms with Gasteiger partial charge in [-0.2, -0.15) is 0 Å². The Hall–Kier alpha value is -3.78. The van der Waals surface area contributed by atoms with E-state index in [4.69, 9.17) is 19.2 Å². The van der Waals surface area contributed by atoms with E-state index in [9.17, 15) is 9.59 Å². The highest BCUT2D eigenvalue weighted by Gasteiger charge is 2.43. The molecule has 8 heteroatoms. The lowest BCUT2D eigenvalue weighted by Gasteiger charge is -2.32. The molecule has 4 rings (SSSR count). The summed E-state index contributed by atoms with van der Waals surface area (Å²) in [6.45, 7) is 3.53. The van der Waals surface area contributed by atoms with Crippen LogP contribution in [0.25, 0.3) is 21.8 Å². The molecule has 2 aromatic carbocycles. The molecule has 2 heterocycles. The summed E-state index contributed by atoms with van der Waals surface area (Å²) < 4.78 is 15.7. The summed E-state index contributed by atoms with van der Waals surface area (Å²) in [6, 6.07) is 15.3. The number of rotatable bonds is 6. The van der Waals surface area contributed by atoms with Crippen molar-refractivity contribution in [3.05, 3.63) is 70.7 Å². The van der Waals surface area contributed by atoms with E-state index in [0.29, 0.717) is 17.0 Å². The van der Waals surface area contributed by atoms with Crippen molar-refractivity contribution < 1.29 is 23.8 Å². The van der Waals surface area contributed by atoms with E-state index < -0.39 is 23.8 Å². The van der Waals surface area contributed by atoms with Gasteiger partial charge in [-0.15, -0.1) is 11.3 Å². The van der Waals surface area contributed by atoms with E-state index in [0.717, 1.165) is 33.1 Å². The van der Waals surface area contributed by atoms with Crippen LogP contribution < -0.4 is 4.74 Å². The van der Waals surface area contributed by atoms with Crippen LogP contribution in [0.1, 0.15) is 25.3 Å². The molecule has 0 radical (unpaired) electrons. The zero-order valence-electron chi connectivity index (χ0n) is 20.2. The highest BCUT2D eigenvalue weighted by atomic mass is 32.1. The van der Waals surface area contributed by atoms with Gasteiger partial charge in [0.15, 0.2) is 0 Å². The molecule has 0 N–H and O–H groups in total. The fourth-order valence-corrected chi connectivity index (χ4v) is 5.39. The van der Waals surface area contributed by atoms with Crippen LogP contribution in [0.2, 0.25) is 0 Å². The minimum atomic E-state index is -0.771. The Morgan fingerprint density at radius 2 is 1.60 bits per heavy atom. The summed E-state index contributed by atoms with van der Waals surface area (Å²) in [7, 11) is 4.29. The lowest BCUT2D eigenvalue weighted by atomic mass is 9.74. The van der Waals surface area contributed by atoms with E-state index >= 15 is 0 Å². The van der Waals surface area contributed by atoms with Gasteiger partial charge in [-0.3, -0.25) is 9.79 Å². The smallest absolute Gasteiger partial charge is 0.336 e.